The van der Waals surface area contributed by atoms with Crippen molar-refractivity contribution in [3.8, 4) is 0 Å². The van der Waals surface area contributed by atoms with Crippen LogP contribution >= 0.6 is 0 Å². The van der Waals surface area contributed by atoms with Gasteiger partial charge in [-0.25, -0.2) is 8.78 Å². The summed E-state index contributed by atoms with van der Waals surface area (Å²) in [4.78, 5) is 12.5. The van der Waals surface area contributed by atoms with Crippen LogP contribution in [0.2, 0.25) is 0 Å². The van der Waals surface area contributed by atoms with Crippen molar-refractivity contribution in [3.63, 3.8) is 0 Å². The lowest BCUT2D eigenvalue weighted by molar-refractivity contribution is -0.119. The fraction of sp³-hybridized carbons (Fsp3) is 0.278. The molecule has 26 heavy (non-hydrogen) atoms. The summed E-state index contributed by atoms with van der Waals surface area (Å²) < 4.78 is 28.7. The Labute approximate surface area is 149 Å². The number of amides is 1. The van der Waals surface area contributed by atoms with Gasteiger partial charge in [0.05, 0.1) is 6.54 Å². The number of nitrogens with one attached hydrogen (secondary N) is 1. The van der Waals surface area contributed by atoms with Gasteiger partial charge in [-0.2, -0.15) is 10.2 Å². The van der Waals surface area contributed by atoms with Crippen LogP contribution in [0.3, 0.4) is 0 Å². The predicted octanol–water partition coefficient (Wildman–Crippen LogP) is 3.57. The molecule has 1 atom stereocenters. The normalized spacial score (nSPS) is 12.3. The maximum atomic E-state index is 12.8. The Morgan fingerprint density at radius 1 is 1.27 bits per heavy atom. The summed E-state index contributed by atoms with van der Waals surface area (Å²) in [5.74, 6) is -0.326. The molecule has 0 fully saturated rings. The largest absolute Gasteiger partial charge is 0.324 e. The van der Waals surface area contributed by atoms with E-state index in [0.717, 1.165) is 5.56 Å². The highest BCUT2D eigenvalue weighted by molar-refractivity contribution is 5.93. The van der Waals surface area contributed by atoms with Gasteiger partial charge >= 0.3 is 0 Å². The van der Waals surface area contributed by atoms with E-state index < -0.39 is 12.5 Å². The second-order valence-corrected chi connectivity index (χ2v) is 6.03. The topological polar surface area (TPSA) is 64.7 Å². The standard InChI is InChI=1S/C18H19F2N5O/c1-12-9-16(17(19)20)23-25(12)13(2)18(26)22-15-6-3-5-14(10-15)11-24-8-4-7-21-24/h3-10,13,17H,11H2,1-2H3,(H,22,26). The van der Waals surface area contributed by atoms with Gasteiger partial charge in [0.1, 0.15) is 11.7 Å². The molecule has 6 nitrogen and oxygen atoms in total. The number of aromatic nitrogens is 4. The molecule has 0 saturated heterocycles. The maximum absolute atomic E-state index is 12.8. The van der Waals surface area contributed by atoms with Crippen LogP contribution in [0.4, 0.5) is 14.5 Å². The van der Waals surface area contributed by atoms with Gasteiger partial charge in [0.25, 0.3) is 6.43 Å². The van der Waals surface area contributed by atoms with Gasteiger partial charge < -0.3 is 5.32 Å². The van der Waals surface area contributed by atoms with E-state index in [2.05, 4.69) is 15.5 Å². The van der Waals surface area contributed by atoms with E-state index in [0.29, 0.717) is 17.9 Å². The quantitative estimate of drug-likeness (QED) is 0.732. The SMILES string of the molecule is Cc1cc(C(F)F)nn1C(C)C(=O)Nc1cccc(Cn2cccn2)c1. The molecule has 2 heterocycles. The second-order valence-electron chi connectivity index (χ2n) is 6.03. The average molecular weight is 359 g/mol. The van der Waals surface area contributed by atoms with Crippen molar-refractivity contribution in [3.05, 3.63) is 65.7 Å². The maximum Gasteiger partial charge on any atom is 0.282 e. The number of alkyl halides is 2. The van der Waals surface area contributed by atoms with E-state index in [4.69, 9.17) is 0 Å². The van der Waals surface area contributed by atoms with Crippen LogP contribution in [-0.4, -0.2) is 25.5 Å². The molecule has 136 valence electrons. The van der Waals surface area contributed by atoms with Crippen molar-refractivity contribution in [2.75, 3.05) is 5.32 Å². The van der Waals surface area contributed by atoms with Crippen molar-refractivity contribution < 1.29 is 13.6 Å². The minimum absolute atomic E-state index is 0.326. The van der Waals surface area contributed by atoms with E-state index in [1.165, 1.54) is 10.7 Å². The molecule has 0 aliphatic rings. The van der Waals surface area contributed by atoms with E-state index in [9.17, 15) is 13.6 Å². The molecular formula is C18H19F2N5O. The number of hydrogen-bond acceptors (Lipinski definition) is 3. The monoisotopic (exact) mass is 359 g/mol. The number of anilines is 1. The molecule has 3 rings (SSSR count). The van der Waals surface area contributed by atoms with Crippen molar-refractivity contribution in [1.82, 2.24) is 19.6 Å². The van der Waals surface area contributed by atoms with Gasteiger partial charge in [-0.1, -0.05) is 12.1 Å². The molecule has 1 amide bonds. The first-order valence-corrected chi connectivity index (χ1v) is 8.15. The number of benzene rings is 1. The number of hydrogen-bond donors (Lipinski definition) is 1. The van der Waals surface area contributed by atoms with Crippen molar-refractivity contribution in [2.24, 2.45) is 0 Å². The van der Waals surface area contributed by atoms with E-state index in [-0.39, 0.29) is 11.6 Å². The highest BCUT2D eigenvalue weighted by Gasteiger charge is 2.21. The molecule has 3 aromatic rings. The van der Waals surface area contributed by atoms with E-state index in [1.807, 2.05) is 30.5 Å². The number of aryl methyl sites for hydroxylation is 1. The van der Waals surface area contributed by atoms with E-state index in [1.54, 1.807) is 30.8 Å². The average Bonchev–Trinajstić information content (AvgIpc) is 3.24. The summed E-state index contributed by atoms with van der Waals surface area (Å²) in [7, 11) is 0. The highest BCUT2D eigenvalue weighted by Crippen LogP contribution is 2.21. The zero-order valence-electron chi connectivity index (χ0n) is 14.4. The minimum atomic E-state index is -2.66. The summed E-state index contributed by atoms with van der Waals surface area (Å²) in [5.41, 5.74) is 1.79. The fourth-order valence-electron chi connectivity index (χ4n) is 2.70. The lowest BCUT2D eigenvalue weighted by Gasteiger charge is -2.15. The Balaban J connectivity index is 1.71. The van der Waals surface area contributed by atoms with Crippen LogP contribution in [-0.2, 0) is 11.3 Å². The van der Waals surface area contributed by atoms with Crippen LogP contribution in [0.15, 0.2) is 48.8 Å². The van der Waals surface area contributed by atoms with Crippen LogP contribution < -0.4 is 5.32 Å². The number of rotatable bonds is 6. The summed E-state index contributed by atoms with van der Waals surface area (Å²) in [6, 6.07) is 9.83. The van der Waals surface area contributed by atoms with Crippen LogP contribution in [0.5, 0.6) is 0 Å². The van der Waals surface area contributed by atoms with Crippen molar-refractivity contribution in [1.29, 1.82) is 0 Å². The van der Waals surface area contributed by atoms with Crippen LogP contribution in [0.25, 0.3) is 0 Å². The zero-order chi connectivity index (χ0) is 18.7. The Kier molecular flexibility index (Phi) is 5.11. The van der Waals surface area contributed by atoms with Crippen LogP contribution in [0, 0.1) is 6.92 Å². The van der Waals surface area contributed by atoms with Gasteiger partial charge in [-0.3, -0.25) is 14.2 Å². The Morgan fingerprint density at radius 2 is 2.08 bits per heavy atom. The molecule has 2 aromatic heterocycles. The first-order valence-electron chi connectivity index (χ1n) is 8.15. The summed E-state index contributed by atoms with van der Waals surface area (Å²) in [6.45, 7) is 3.85. The van der Waals surface area contributed by atoms with Crippen molar-refractivity contribution in [2.45, 2.75) is 32.9 Å². The third-order valence-corrected chi connectivity index (χ3v) is 4.01. The fourth-order valence-corrected chi connectivity index (χ4v) is 2.70. The Bertz CT molecular complexity index is 889. The molecule has 1 aromatic carbocycles. The molecule has 0 bridgehead atoms. The van der Waals surface area contributed by atoms with Crippen LogP contribution in [0.1, 0.15) is 36.3 Å². The van der Waals surface area contributed by atoms with E-state index >= 15 is 0 Å². The predicted molar refractivity (Wildman–Crippen MR) is 93.0 cm³/mol. The molecule has 1 N–H and O–H groups in total. The third-order valence-electron chi connectivity index (χ3n) is 4.01. The van der Waals surface area contributed by atoms with Crippen molar-refractivity contribution >= 4 is 11.6 Å². The summed E-state index contributed by atoms with van der Waals surface area (Å²) >= 11 is 0. The molecule has 0 saturated carbocycles. The minimum Gasteiger partial charge on any atom is -0.324 e. The number of halogens is 2. The molecular weight excluding hydrogens is 340 g/mol. The summed E-state index contributed by atoms with van der Waals surface area (Å²) in [5, 5.41) is 10.8. The zero-order valence-corrected chi connectivity index (χ0v) is 14.4. The lowest BCUT2D eigenvalue weighted by atomic mass is 10.2. The molecule has 8 heteroatoms. The first kappa shape index (κ1) is 17.8. The van der Waals surface area contributed by atoms with Gasteiger partial charge in [0, 0.05) is 23.8 Å². The van der Waals surface area contributed by atoms with Gasteiger partial charge in [-0.05, 0) is 43.7 Å². The number of carbonyl (C=O) groups excluding carboxylic acids is 1. The first-order chi connectivity index (χ1) is 12.4. The smallest absolute Gasteiger partial charge is 0.282 e. The molecule has 0 spiro atoms. The number of carbonyl (C=O) groups is 1. The van der Waals surface area contributed by atoms with Gasteiger partial charge in [0.2, 0.25) is 5.91 Å². The summed E-state index contributed by atoms with van der Waals surface area (Å²) in [6.07, 6.45) is 0.895. The lowest BCUT2D eigenvalue weighted by Crippen LogP contribution is -2.25. The third kappa shape index (κ3) is 3.96. The molecule has 1 unspecified atom stereocenters. The molecule has 0 radical (unpaired) electrons. The van der Waals surface area contributed by atoms with Gasteiger partial charge in [0.15, 0.2) is 0 Å². The molecule has 0 aliphatic carbocycles. The number of nitrogens with zero attached hydrogens (tertiary/aromatic N) is 4. The Hall–Kier alpha value is -3.03. The highest BCUT2D eigenvalue weighted by atomic mass is 19.3. The van der Waals surface area contributed by atoms with Gasteiger partial charge in [-0.15, -0.1) is 0 Å². The Morgan fingerprint density at radius 3 is 2.73 bits per heavy atom. The molecule has 0 aliphatic heterocycles. The second kappa shape index (κ2) is 7.47.